The summed E-state index contributed by atoms with van der Waals surface area (Å²) in [5, 5.41) is 6.52. The van der Waals surface area contributed by atoms with Crippen LogP contribution in [0.5, 0.6) is 0 Å². The molecule has 0 nitrogen and oxygen atoms in total. The van der Waals surface area contributed by atoms with Crippen molar-refractivity contribution in [3.8, 4) is 0 Å². The zero-order chi connectivity index (χ0) is 8.39. The van der Waals surface area contributed by atoms with Gasteiger partial charge in [-0.1, -0.05) is 47.0 Å². The van der Waals surface area contributed by atoms with E-state index in [9.17, 15) is 0 Å². The lowest BCUT2D eigenvalue weighted by Gasteiger charge is -1.99. The first-order valence-corrected chi connectivity index (χ1v) is 7.89. The summed E-state index contributed by atoms with van der Waals surface area (Å²) in [4.78, 5) is 0. The highest BCUT2D eigenvalue weighted by Gasteiger charge is 2.17. The van der Waals surface area contributed by atoms with Gasteiger partial charge >= 0.3 is 0 Å². The zero-order valence-electron chi connectivity index (χ0n) is 6.27. The Balaban J connectivity index is 2.06. The van der Waals surface area contributed by atoms with E-state index < -0.39 is 0 Å². The molecule has 0 saturated carbocycles. The predicted octanol–water partition coefficient (Wildman–Crippen LogP) is 4.71. The Hall–Kier alpha value is 0.970. The van der Waals surface area contributed by atoms with E-state index in [1.807, 2.05) is 58.8 Å². The molecule has 12 heavy (non-hydrogen) atoms. The van der Waals surface area contributed by atoms with Crippen molar-refractivity contribution in [1.82, 2.24) is 0 Å². The van der Waals surface area contributed by atoms with Crippen molar-refractivity contribution in [2.24, 2.45) is 0 Å². The normalized spacial score (nSPS) is 22.2. The van der Waals surface area contributed by atoms with Crippen LogP contribution in [-0.2, 0) is 0 Å². The molecule has 0 spiro atoms. The Morgan fingerprint density at radius 2 is 1.83 bits per heavy atom. The molecule has 0 saturated heterocycles. The highest BCUT2D eigenvalue weighted by Crippen LogP contribution is 2.55. The molecule has 0 aromatic carbocycles. The van der Waals surface area contributed by atoms with Gasteiger partial charge in [0.1, 0.15) is 0 Å². The van der Waals surface area contributed by atoms with E-state index >= 15 is 0 Å². The van der Waals surface area contributed by atoms with Gasteiger partial charge in [0.2, 0.25) is 0 Å². The van der Waals surface area contributed by atoms with Gasteiger partial charge in [0.25, 0.3) is 0 Å². The summed E-state index contributed by atoms with van der Waals surface area (Å²) in [5.41, 5.74) is 0. The van der Waals surface area contributed by atoms with Gasteiger partial charge in [-0.05, 0) is 22.5 Å². The van der Waals surface area contributed by atoms with Crippen molar-refractivity contribution >= 4 is 58.8 Å². The summed E-state index contributed by atoms with van der Waals surface area (Å²) in [7, 11) is 0. The van der Waals surface area contributed by atoms with E-state index in [-0.39, 0.29) is 0 Å². The van der Waals surface area contributed by atoms with Crippen LogP contribution in [0, 0.1) is 0 Å². The maximum atomic E-state index is 2.23. The molecule has 64 valence electrons. The van der Waals surface area contributed by atoms with Crippen LogP contribution < -0.4 is 0 Å². The first-order valence-electron chi connectivity index (χ1n) is 3.21. The molecule has 0 aliphatic carbocycles. The van der Waals surface area contributed by atoms with Crippen LogP contribution in [0.15, 0.2) is 28.9 Å². The highest BCUT2D eigenvalue weighted by atomic mass is 32.2. The van der Waals surface area contributed by atoms with Gasteiger partial charge in [-0.25, -0.2) is 0 Å². The molecule has 0 atom stereocenters. The van der Waals surface area contributed by atoms with Crippen molar-refractivity contribution in [3.05, 3.63) is 28.9 Å². The van der Waals surface area contributed by atoms with Crippen LogP contribution in [0.4, 0.5) is 0 Å². The summed E-state index contributed by atoms with van der Waals surface area (Å²) >= 11 is 9.23. The van der Waals surface area contributed by atoms with Crippen LogP contribution in [0.1, 0.15) is 0 Å². The molecule has 0 aromatic heterocycles. The maximum absolute atomic E-state index is 2.23. The lowest BCUT2D eigenvalue weighted by Crippen LogP contribution is -1.64. The SMILES string of the molecule is CSC1=CSC(=C2SC=CS2)S1. The fourth-order valence-corrected chi connectivity index (χ4v) is 6.06. The minimum Gasteiger partial charge on any atom is -0.122 e. The molecular formula is C7H6S5. The second-order valence-corrected chi connectivity index (χ2v) is 7.33. The van der Waals surface area contributed by atoms with Crippen LogP contribution >= 0.6 is 58.8 Å². The number of rotatable bonds is 1. The predicted molar refractivity (Wildman–Crippen MR) is 68.1 cm³/mol. The molecule has 2 aliphatic rings. The smallest absolute Gasteiger partial charge is 0.0705 e. The minimum atomic E-state index is 1.41. The van der Waals surface area contributed by atoms with E-state index in [0.29, 0.717) is 0 Å². The van der Waals surface area contributed by atoms with E-state index in [4.69, 9.17) is 0 Å². The van der Waals surface area contributed by atoms with Gasteiger partial charge in [-0.2, -0.15) is 0 Å². The summed E-state index contributed by atoms with van der Waals surface area (Å²) < 4.78 is 4.29. The Morgan fingerprint density at radius 1 is 1.08 bits per heavy atom. The van der Waals surface area contributed by atoms with Crippen molar-refractivity contribution in [1.29, 1.82) is 0 Å². The summed E-state index contributed by atoms with van der Waals surface area (Å²) in [6, 6.07) is 0. The molecule has 2 rings (SSSR count). The van der Waals surface area contributed by atoms with Gasteiger partial charge in [0.15, 0.2) is 0 Å². The maximum Gasteiger partial charge on any atom is 0.0705 e. The third-order valence-electron chi connectivity index (χ3n) is 1.23. The van der Waals surface area contributed by atoms with Gasteiger partial charge in [-0.15, -0.1) is 11.8 Å². The van der Waals surface area contributed by atoms with Crippen molar-refractivity contribution in [3.63, 3.8) is 0 Å². The second-order valence-electron chi connectivity index (χ2n) is 1.94. The molecule has 0 unspecified atom stereocenters. The highest BCUT2D eigenvalue weighted by molar-refractivity contribution is 8.37. The average Bonchev–Trinajstić information content (AvgIpc) is 2.75. The van der Waals surface area contributed by atoms with Crippen molar-refractivity contribution in [2.45, 2.75) is 0 Å². The average molecular weight is 250 g/mol. The minimum absolute atomic E-state index is 1.41. The summed E-state index contributed by atoms with van der Waals surface area (Å²) in [6.07, 6.45) is 2.13. The third kappa shape index (κ3) is 2.07. The number of thioether (sulfide) groups is 5. The Morgan fingerprint density at radius 3 is 2.42 bits per heavy atom. The molecule has 0 aromatic rings. The summed E-state index contributed by atoms with van der Waals surface area (Å²) in [6.45, 7) is 0. The van der Waals surface area contributed by atoms with Crippen LogP contribution in [-0.4, -0.2) is 6.26 Å². The molecule has 5 heteroatoms. The number of hydrogen-bond donors (Lipinski definition) is 0. The fourth-order valence-electron chi connectivity index (χ4n) is 0.724. The number of hydrogen-bond acceptors (Lipinski definition) is 5. The molecular weight excluding hydrogens is 244 g/mol. The van der Waals surface area contributed by atoms with Crippen molar-refractivity contribution in [2.75, 3.05) is 6.26 Å². The van der Waals surface area contributed by atoms with E-state index in [2.05, 4.69) is 22.5 Å². The van der Waals surface area contributed by atoms with E-state index in [0.717, 1.165) is 0 Å². The third-order valence-corrected chi connectivity index (χ3v) is 7.46. The Kier molecular flexibility index (Phi) is 3.54. The van der Waals surface area contributed by atoms with Gasteiger partial charge in [0.05, 0.1) is 12.7 Å². The lowest BCUT2D eigenvalue weighted by atomic mass is 11.2. The quantitative estimate of drug-likeness (QED) is 0.659. The van der Waals surface area contributed by atoms with Crippen LogP contribution in [0.25, 0.3) is 0 Å². The first kappa shape index (κ1) is 9.52. The largest absolute Gasteiger partial charge is 0.122 e. The van der Waals surface area contributed by atoms with Gasteiger partial charge < -0.3 is 0 Å². The van der Waals surface area contributed by atoms with E-state index in [1.165, 1.54) is 12.7 Å². The van der Waals surface area contributed by atoms with Crippen LogP contribution in [0.3, 0.4) is 0 Å². The second kappa shape index (κ2) is 4.46. The summed E-state index contributed by atoms with van der Waals surface area (Å²) in [5.74, 6) is 0. The van der Waals surface area contributed by atoms with Gasteiger partial charge in [0, 0.05) is 0 Å². The monoisotopic (exact) mass is 250 g/mol. The molecule has 0 N–H and O–H groups in total. The van der Waals surface area contributed by atoms with Crippen LogP contribution in [0.2, 0.25) is 0 Å². The first-order chi connectivity index (χ1) is 5.90. The molecule has 2 heterocycles. The Labute approximate surface area is 93.5 Å². The molecule has 0 bridgehead atoms. The molecule has 0 amide bonds. The van der Waals surface area contributed by atoms with E-state index in [1.54, 1.807) is 0 Å². The van der Waals surface area contributed by atoms with Gasteiger partial charge in [-0.3, -0.25) is 0 Å². The fraction of sp³-hybridized carbons (Fsp3) is 0.143. The topological polar surface area (TPSA) is 0 Å². The lowest BCUT2D eigenvalue weighted by molar-refractivity contribution is 2.36. The Bertz CT molecular complexity index is 266. The molecule has 0 fully saturated rings. The zero-order valence-corrected chi connectivity index (χ0v) is 10.4. The standard InChI is InChI=1S/C7H6S5/c1-8-5-4-11-7(12-5)6-9-2-3-10-6/h2-4H,1H3. The molecule has 0 radical (unpaired) electrons. The molecule has 2 aliphatic heterocycles. The van der Waals surface area contributed by atoms with Crippen molar-refractivity contribution < 1.29 is 0 Å².